The number of halogens is 1. The molecule has 2 amide bonds. The van der Waals surface area contributed by atoms with Crippen molar-refractivity contribution in [2.24, 2.45) is 0 Å². The van der Waals surface area contributed by atoms with Crippen molar-refractivity contribution in [3.8, 4) is 5.75 Å². The summed E-state index contributed by atoms with van der Waals surface area (Å²) in [5, 5.41) is 20.4. The summed E-state index contributed by atoms with van der Waals surface area (Å²) < 4.78 is 13.1. The van der Waals surface area contributed by atoms with E-state index in [-0.39, 0.29) is 36.5 Å². The van der Waals surface area contributed by atoms with Crippen molar-refractivity contribution in [3.05, 3.63) is 65.0 Å². The Bertz CT molecular complexity index is 823. The van der Waals surface area contributed by atoms with Gasteiger partial charge in [-0.15, -0.1) is 0 Å². The Morgan fingerprint density at radius 1 is 1.15 bits per heavy atom. The molecule has 7 nitrogen and oxygen atoms in total. The van der Waals surface area contributed by atoms with Crippen LogP contribution in [0.25, 0.3) is 0 Å². The second-order valence-corrected chi connectivity index (χ2v) is 5.83. The second kappa shape index (κ2) is 9.33. The van der Waals surface area contributed by atoms with Crippen LogP contribution in [0.2, 0.25) is 0 Å². The number of hydrogen-bond donors (Lipinski definition) is 3. The molecule has 0 fully saturated rings. The van der Waals surface area contributed by atoms with Crippen molar-refractivity contribution in [1.82, 2.24) is 10.2 Å². The highest BCUT2D eigenvalue weighted by Crippen LogP contribution is 2.19. The minimum atomic E-state index is -1.15. The molecule has 0 radical (unpaired) electrons. The van der Waals surface area contributed by atoms with Gasteiger partial charge in [-0.1, -0.05) is 12.1 Å². The molecule has 0 spiro atoms. The van der Waals surface area contributed by atoms with Crippen LogP contribution in [-0.2, 0) is 6.54 Å². The van der Waals surface area contributed by atoms with Gasteiger partial charge in [0.25, 0.3) is 5.91 Å². The third-order valence-electron chi connectivity index (χ3n) is 3.86. The van der Waals surface area contributed by atoms with E-state index in [0.717, 1.165) is 0 Å². The molecule has 2 rings (SSSR count). The lowest BCUT2D eigenvalue weighted by Gasteiger charge is -2.23. The third kappa shape index (κ3) is 5.81. The zero-order valence-corrected chi connectivity index (χ0v) is 14.4. The number of hydrogen-bond acceptors (Lipinski definition) is 4. The molecular formula is C19H19FN2O5. The van der Waals surface area contributed by atoms with E-state index in [4.69, 9.17) is 5.11 Å². The molecular weight excluding hydrogens is 355 g/mol. The lowest BCUT2D eigenvalue weighted by atomic mass is 10.1. The molecule has 0 heterocycles. The zero-order valence-electron chi connectivity index (χ0n) is 14.4. The summed E-state index contributed by atoms with van der Waals surface area (Å²) in [7, 11) is 0. The van der Waals surface area contributed by atoms with Gasteiger partial charge in [-0.3, -0.25) is 9.59 Å². The standard InChI is InChI=1S/C19H19FN2O5/c20-16-5-2-13(3-6-16)11-22(9-1-8-21-19(26)27)18(25)14-4-7-17(24)15(10-14)12-23/h2-7,10,12,21,24H,1,8-9,11H2,(H,26,27). The predicted octanol–water partition coefficient (Wildman–Crippen LogP) is 2.64. The number of rotatable bonds is 8. The highest BCUT2D eigenvalue weighted by molar-refractivity contribution is 5.96. The van der Waals surface area contributed by atoms with Gasteiger partial charge >= 0.3 is 6.09 Å². The fraction of sp³-hybridized carbons (Fsp3) is 0.211. The molecule has 3 N–H and O–H groups in total. The van der Waals surface area contributed by atoms with E-state index in [9.17, 15) is 23.9 Å². The zero-order chi connectivity index (χ0) is 19.8. The van der Waals surface area contributed by atoms with Gasteiger partial charge in [-0.25, -0.2) is 9.18 Å². The molecule has 0 aliphatic heterocycles. The number of nitrogens with one attached hydrogen (secondary N) is 1. The minimum absolute atomic E-state index is 0.00451. The second-order valence-electron chi connectivity index (χ2n) is 5.83. The van der Waals surface area contributed by atoms with E-state index in [2.05, 4.69) is 5.32 Å². The number of benzene rings is 2. The predicted molar refractivity (Wildman–Crippen MR) is 95.3 cm³/mol. The van der Waals surface area contributed by atoms with Crippen LogP contribution in [0.15, 0.2) is 42.5 Å². The average Bonchev–Trinajstić information content (AvgIpc) is 2.65. The highest BCUT2D eigenvalue weighted by atomic mass is 19.1. The lowest BCUT2D eigenvalue weighted by Crippen LogP contribution is -2.34. The molecule has 0 aromatic heterocycles. The number of amides is 2. The van der Waals surface area contributed by atoms with Gasteiger partial charge in [-0.05, 0) is 42.3 Å². The van der Waals surface area contributed by atoms with Gasteiger partial charge < -0.3 is 20.4 Å². The van der Waals surface area contributed by atoms with Gasteiger partial charge in [0.1, 0.15) is 11.6 Å². The molecule has 0 aliphatic rings. The molecule has 2 aromatic carbocycles. The van der Waals surface area contributed by atoms with E-state index < -0.39 is 17.8 Å². The van der Waals surface area contributed by atoms with E-state index >= 15 is 0 Å². The largest absolute Gasteiger partial charge is 0.507 e. The Morgan fingerprint density at radius 2 is 1.85 bits per heavy atom. The van der Waals surface area contributed by atoms with Crippen LogP contribution in [0.5, 0.6) is 5.75 Å². The summed E-state index contributed by atoms with van der Waals surface area (Å²) in [5.74, 6) is -1.01. The Morgan fingerprint density at radius 3 is 2.48 bits per heavy atom. The first kappa shape index (κ1) is 19.9. The van der Waals surface area contributed by atoms with Crippen LogP contribution in [-0.4, -0.2) is 46.5 Å². The Balaban J connectivity index is 2.18. The van der Waals surface area contributed by atoms with Crippen molar-refractivity contribution < 1.29 is 29.0 Å². The molecule has 8 heteroatoms. The average molecular weight is 374 g/mol. The van der Waals surface area contributed by atoms with E-state index in [1.807, 2.05) is 0 Å². The van der Waals surface area contributed by atoms with Crippen molar-refractivity contribution >= 4 is 18.3 Å². The molecule has 2 aromatic rings. The molecule has 142 valence electrons. The topological polar surface area (TPSA) is 107 Å². The van der Waals surface area contributed by atoms with Gasteiger partial charge in [0.15, 0.2) is 6.29 Å². The number of nitrogens with zero attached hydrogens (tertiary/aromatic N) is 1. The molecule has 0 aliphatic carbocycles. The molecule has 0 unspecified atom stereocenters. The quantitative estimate of drug-likeness (QED) is 0.486. The van der Waals surface area contributed by atoms with Crippen LogP contribution in [0, 0.1) is 5.82 Å². The van der Waals surface area contributed by atoms with E-state index in [1.54, 1.807) is 12.1 Å². The summed E-state index contributed by atoms with van der Waals surface area (Å²) in [4.78, 5) is 35.8. The number of aromatic hydroxyl groups is 1. The van der Waals surface area contributed by atoms with Crippen LogP contribution in [0.4, 0.5) is 9.18 Å². The molecule has 0 saturated heterocycles. The smallest absolute Gasteiger partial charge is 0.404 e. The van der Waals surface area contributed by atoms with Gasteiger partial charge in [0.2, 0.25) is 0 Å². The number of carbonyl (C=O) groups is 3. The summed E-state index contributed by atoms with van der Waals surface area (Å²) in [6.07, 6.45) is -0.328. The van der Waals surface area contributed by atoms with E-state index in [0.29, 0.717) is 18.3 Å². The van der Waals surface area contributed by atoms with Crippen molar-refractivity contribution in [2.75, 3.05) is 13.1 Å². The molecule has 0 atom stereocenters. The number of carboxylic acid groups (broad SMARTS) is 1. The van der Waals surface area contributed by atoms with Gasteiger partial charge in [0.05, 0.1) is 5.56 Å². The highest BCUT2D eigenvalue weighted by Gasteiger charge is 2.17. The number of phenols is 1. The first-order valence-corrected chi connectivity index (χ1v) is 8.19. The van der Waals surface area contributed by atoms with Crippen LogP contribution < -0.4 is 5.32 Å². The third-order valence-corrected chi connectivity index (χ3v) is 3.86. The Labute approximate surface area is 155 Å². The fourth-order valence-electron chi connectivity index (χ4n) is 2.49. The maximum absolute atomic E-state index is 13.1. The van der Waals surface area contributed by atoms with E-state index in [1.165, 1.54) is 35.2 Å². The molecule has 0 bridgehead atoms. The molecule has 27 heavy (non-hydrogen) atoms. The van der Waals surface area contributed by atoms with Crippen LogP contribution >= 0.6 is 0 Å². The monoisotopic (exact) mass is 374 g/mol. The number of phenolic OH excluding ortho intramolecular Hbond substituents is 1. The van der Waals surface area contributed by atoms with Crippen molar-refractivity contribution in [1.29, 1.82) is 0 Å². The summed E-state index contributed by atoms with van der Waals surface area (Å²) in [6.45, 7) is 0.592. The normalized spacial score (nSPS) is 10.3. The Kier molecular flexibility index (Phi) is 6.87. The van der Waals surface area contributed by atoms with Gasteiger partial charge in [0, 0.05) is 25.2 Å². The van der Waals surface area contributed by atoms with Crippen molar-refractivity contribution in [2.45, 2.75) is 13.0 Å². The van der Waals surface area contributed by atoms with Crippen LogP contribution in [0.1, 0.15) is 32.7 Å². The molecule has 0 saturated carbocycles. The van der Waals surface area contributed by atoms with Crippen molar-refractivity contribution in [3.63, 3.8) is 0 Å². The summed E-state index contributed by atoms with van der Waals surface area (Å²) in [6, 6.07) is 9.64. The lowest BCUT2D eigenvalue weighted by molar-refractivity contribution is 0.0741. The summed E-state index contributed by atoms with van der Waals surface area (Å²) in [5.41, 5.74) is 0.906. The first-order chi connectivity index (χ1) is 12.9. The van der Waals surface area contributed by atoms with Gasteiger partial charge in [-0.2, -0.15) is 0 Å². The van der Waals surface area contributed by atoms with Crippen LogP contribution in [0.3, 0.4) is 0 Å². The maximum atomic E-state index is 13.1. The number of carbonyl (C=O) groups excluding carboxylic acids is 2. The minimum Gasteiger partial charge on any atom is -0.507 e. The summed E-state index contributed by atoms with van der Waals surface area (Å²) >= 11 is 0. The fourth-order valence-corrected chi connectivity index (χ4v) is 2.49. The number of aldehydes is 1. The SMILES string of the molecule is O=Cc1cc(C(=O)N(CCCNC(=O)O)Cc2ccc(F)cc2)ccc1O. The maximum Gasteiger partial charge on any atom is 0.404 e. The first-order valence-electron chi connectivity index (χ1n) is 8.19. The Hall–Kier alpha value is -3.42.